The summed E-state index contributed by atoms with van der Waals surface area (Å²) in [6, 6.07) is 8.76. The quantitative estimate of drug-likeness (QED) is 0.599. The van der Waals surface area contributed by atoms with E-state index in [1.54, 1.807) is 12.1 Å². The van der Waals surface area contributed by atoms with Gasteiger partial charge in [0.1, 0.15) is 0 Å². The highest BCUT2D eigenvalue weighted by molar-refractivity contribution is 7.89. The molecule has 0 saturated heterocycles. The van der Waals surface area contributed by atoms with E-state index >= 15 is 0 Å². The first-order chi connectivity index (χ1) is 13.1. The topological polar surface area (TPSA) is 88.2 Å². The van der Waals surface area contributed by atoms with Crippen LogP contribution in [0, 0.1) is 0 Å². The molecular formula is C16H12F3N3O3S3. The van der Waals surface area contributed by atoms with Crippen molar-refractivity contribution < 1.29 is 26.4 Å². The Labute approximate surface area is 166 Å². The minimum atomic E-state index is -4.61. The third-order valence-corrected chi connectivity index (χ3v) is 6.47. The zero-order valence-corrected chi connectivity index (χ0v) is 16.3. The Morgan fingerprint density at radius 3 is 2.57 bits per heavy atom. The maximum atomic E-state index is 12.6. The summed E-state index contributed by atoms with van der Waals surface area (Å²) in [5.41, 5.74) is -1.13. The van der Waals surface area contributed by atoms with Gasteiger partial charge in [-0.3, -0.25) is 10.1 Å². The van der Waals surface area contributed by atoms with Gasteiger partial charge in [-0.1, -0.05) is 12.1 Å². The molecule has 0 aliphatic rings. The number of aromatic nitrogens is 1. The molecule has 2 aromatic heterocycles. The van der Waals surface area contributed by atoms with Crippen molar-refractivity contribution in [1.29, 1.82) is 0 Å². The maximum Gasteiger partial charge on any atom is 0.434 e. The molecule has 12 heteroatoms. The standard InChI is InChI=1S/C16H12F3N3O3S3/c17-16(18,19)13-9-27-15(21-13)22-14(23)10-3-1-5-12(7-10)28(24,25)20-8-11-4-2-6-26-11/h1-7,9,20H,8H2,(H,21,22,23). The summed E-state index contributed by atoms with van der Waals surface area (Å²) in [4.78, 5) is 16.3. The Kier molecular flexibility index (Phi) is 5.84. The van der Waals surface area contributed by atoms with Gasteiger partial charge >= 0.3 is 6.18 Å². The van der Waals surface area contributed by atoms with Crippen molar-refractivity contribution in [3.63, 3.8) is 0 Å². The summed E-state index contributed by atoms with van der Waals surface area (Å²) in [6.45, 7) is 0.107. The number of thiophene rings is 1. The van der Waals surface area contributed by atoms with Crippen LogP contribution < -0.4 is 10.0 Å². The molecule has 0 fully saturated rings. The van der Waals surface area contributed by atoms with Crippen LogP contribution in [0.1, 0.15) is 20.9 Å². The van der Waals surface area contributed by atoms with E-state index in [9.17, 15) is 26.4 Å². The summed E-state index contributed by atoms with van der Waals surface area (Å²) >= 11 is 2.02. The first-order valence-corrected chi connectivity index (χ1v) is 10.9. The van der Waals surface area contributed by atoms with Gasteiger partial charge in [0.05, 0.1) is 4.90 Å². The predicted molar refractivity (Wildman–Crippen MR) is 99.9 cm³/mol. The van der Waals surface area contributed by atoms with Crippen LogP contribution >= 0.6 is 22.7 Å². The number of anilines is 1. The van der Waals surface area contributed by atoms with E-state index in [0.29, 0.717) is 11.3 Å². The number of amides is 1. The number of hydrogen-bond acceptors (Lipinski definition) is 6. The molecule has 0 atom stereocenters. The van der Waals surface area contributed by atoms with Crippen molar-refractivity contribution in [3.8, 4) is 0 Å². The number of benzene rings is 1. The second kappa shape index (κ2) is 7.99. The number of carbonyl (C=O) groups is 1. The second-order valence-corrected chi connectivity index (χ2v) is 9.08. The van der Waals surface area contributed by atoms with E-state index < -0.39 is 27.8 Å². The smallest absolute Gasteiger partial charge is 0.298 e. The average Bonchev–Trinajstić information content (AvgIpc) is 3.31. The lowest BCUT2D eigenvalue weighted by molar-refractivity contribution is -0.140. The van der Waals surface area contributed by atoms with Crippen LogP contribution in [0.25, 0.3) is 0 Å². The summed E-state index contributed by atoms with van der Waals surface area (Å²) in [6.07, 6.45) is -4.61. The molecule has 0 aliphatic heterocycles. The van der Waals surface area contributed by atoms with E-state index in [2.05, 4.69) is 15.0 Å². The van der Waals surface area contributed by atoms with Gasteiger partial charge in [-0.25, -0.2) is 18.1 Å². The number of halogens is 3. The summed E-state index contributed by atoms with van der Waals surface area (Å²) in [5.74, 6) is -0.765. The van der Waals surface area contributed by atoms with Crippen LogP contribution in [0.15, 0.2) is 52.1 Å². The van der Waals surface area contributed by atoms with Crippen LogP contribution in [0.5, 0.6) is 0 Å². The number of nitrogens with one attached hydrogen (secondary N) is 2. The highest BCUT2D eigenvalue weighted by atomic mass is 32.2. The third kappa shape index (κ3) is 4.95. The van der Waals surface area contributed by atoms with E-state index in [1.165, 1.54) is 29.5 Å². The van der Waals surface area contributed by atoms with Gasteiger partial charge in [0.2, 0.25) is 10.0 Å². The highest BCUT2D eigenvalue weighted by Gasteiger charge is 2.34. The van der Waals surface area contributed by atoms with Gasteiger partial charge in [0.25, 0.3) is 5.91 Å². The van der Waals surface area contributed by atoms with Gasteiger partial charge in [-0.15, -0.1) is 22.7 Å². The zero-order valence-electron chi connectivity index (χ0n) is 13.9. The molecule has 0 unspecified atom stereocenters. The Bertz CT molecular complexity index is 1080. The number of carbonyl (C=O) groups excluding carboxylic acids is 1. The van der Waals surface area contributed by atoms with E-state index in [4.69, 9.17) is 0 Å². The fraction of sp³-hybridized carbons (Fsp3) is 0.125. The van der Waals surface area contributed by atoms with Crippen LogP contribution in [-0.2, 0) is 22.7 Å². The van der Waals surface area contributed by atoms with Gasteiger partial charge in [0, 0.05) is 22.4 Å². The van der Waals surface area contributed by atoms with E-state index in [-0.39, 0.29) is 22.1 Å². The Morgan fingerprint density at radius 2 is 1.93 bits per heavy atom. The van der Waals surface area contributed by atoms with Gasteiger partial charge in [-0.05, 0) is 29.6 Å². The molecule has 1 amide bonds. The van der Waals surface area contributed by atoms with Crippen LogP contribution in [0.2, 0.25) is 0 Å². The molecule has 0 radical (unpaired) electrons. The minimum absolute atomic E-state index is 0.0252. The van der Waals surface area contributed by atoms with Crippen LogP contribution in [-0.4, -0.2) is 19.3 Å². The fourth-order valence-corrected chi connectivity index (χ4v) is 4.60. The normalized spacial score (nSPS) is 12.1. The van der Waals surface area contributed by atoms with Crippen molar-refractivity contribution in [2.75, 3.05) is 5.32 Å². The second-order valence-electron chi connectivity index (χ2n) is 5.42. The molecule has 28 heavy (non-hydrogen) atoms. The Balaban J connectivity index is 1.73. The monoisotopic (exact) mass is 447 g/mol. The molecule has 1 aromatic carbocycles. The zero-order chi connectivity index (χ0) is 20.4. The lowest BCUT2D eigenvalue weighted by atomic mass is 10.2. The van der Waals surface area contributed by atoms with Crippen molar-refractivity contribution in [2.24, 2.45) is 0 Å². The number of alkyl halides is 3. The lowest BCUT2D eigenvalue weighted by Gasteiger charge is -2.08. The molecular weight excluding hydrogens is 435 g/mol. The van der Waals surface area contributed by atoms with Gasteiger partial charge in [0.15, 0.2) is 10.8 Å². The third-order valence-electron chi connectivity index (χ3n) is 3.44. The first kappa shape index (κ1) is 20.5. The number of sulfonamides is 1. The first-order valence-electron chi connectivity index (χ1n) is 7.61. The number of thiazole rings is 1. The summed E-state index contributed by atoms with van der Waals surface area (Å²) in [7, 11) is -3.87. The van der Waals surface area contributed by atoms with Crippen molar-refractivity contribution in [2.45, 2.75) is 17.6 Å². The molecule has 3 aromatic rings. The molecule has 2 N–H and O–H groups in total. The summed E-state index contributed by atoms with van der Waals surface area (Å²) < 4.78 is 65.0. The van der Waals surface area contributed by atoms with E-state index in [0.717, 1.165) is 16.3 Å². The van der Waals surface area contributed by atoms with E-state index in [1.807, 2.05) is 5.38 Å². The van der Waals surface area contributed by atoms with Crippen molar-refractivity contribution in [3.05, 3.63) is 63.3 Å². The minimum Gasteiger partial charge on any atom is -0.298 e. The molecule has 3 rings (SSSR count). The SMILES string of the molecule is O=C(Nc1nc(C(F)(F)F)cs1)c1cccc(S(=O)(=O)NCc2cccs2)c1. The fourth-order valence-electron chi connectivity index (χ4n) is 2.10. The molecule has 148 valence electrons. The highest BCUT2D eigenvalue weighted by Crippen LogP contribution is 2.31. The molecule has 0 aliphatic carbocycles. The van der Waals surface area contributed by atoms with Crippen LogP contribution in [0.4, 0.5) is 18.3 Å². The number of rotatable bonds is 6. The molecule has 0 saturated carbocycles. The van der Waals surface area contributed by atoms with Gasteiger partial charge < -0.3 is 0 Å². The molecule has 6 nitrogen and oxygen atoms in total. The summed E-state index contributed by atoms with van der Waals surface area (Å²) in [5, 5.41) is 4.60. The van der Waals surface area contributed by atoms with Crippen LogP contribution in [0.3, 0.4) is 0 Å². The van der Waals surface area contributed by atoms with Crippen molar-refractivity contribution in [1.82, 2.24) is 9.71 Å². The average molecular weight is 447 g/mol. The molecule has 2 heterocycles. The van der Waals surface area contributed by atoms with Crippen molar-refractivity contribution >= 4 is 43.7 Å². The Morgan fingerprint density at radius 1 is 1.14 bits per heavy atom. The Hall–Kier alpha value is -2.28. The predicted octanol–water partition coefficient (Wildman–Crippen LogP) is 3.95. The molecule has 0 bridgehead atoms. The maximum absolute atomic E-state index is 12.6. The number of nitrogens with zero attached hydrogens (tertiary/aromatic N) is 1. The molecule has 0 spiro atoms. The lowest BCUT2D eigenvalue weighted by Crippen LogP contribution is -2.23. The number of hydrogen-bond donors (Lipinski definition) is 2. The van der Waals surface area contributed by atoms with Gasteiger partial charge in [-0.2, -0.15) is 13.2 Å². The largest absolute Gasteiger partial charge is 0.434 e.